The summed E-state index contributed by atoms with van der Waals surface area (Å²) in [6.07, 6.45) is 3.50. The van der Waals surface area contributed by atoms with Gasteiger partial charge in [-0.15, -0.1) is 0 Å². The predicted octanol–water partition coefficient (Wildman–Crippen LogP) is 2.31. The summed E-state index contributed by atoms with van der Waals surface area (Å²) in [6, 6.07) is 8.61. The highest BCUT2D eigenvalue weighted by atomic mass is 16.3. The fourth-order valence-corrected chi connectivity index (χ4v) is 2.77. The van der Waals surface area contributed by atoms with Crippen LogP contribution in [0.25, 0.3) is 0 Å². The molecule has 0 radical (unpaired) electrons. The van der Waals surface area contributed by atoms with Crippen LogP contribution in [-0.4, -0.2) is 23.7 Å². The van der Waals surface area contributed by atoms with E-state index in [0.717, 1.165) is 25.7 Å². The van der Waals surface area contributed by atoms with Crippen molar-refractivity contribution in [2.75, 3.05) is 6.54 Å². The number of nitrogens with one attached hydrogen (secondary N) is 1. The van der Waals surface area contributed by atoms with Gasteiger partial charge in [0.25, 0.3) is 0 Å². The molecule has 1 atom stereocenters. The van der Waals surface area contributed by atoms with E-state index in [9.17, 15) is 9.90 Å². The maximum absolute atomic E-state index is 11.8. The minimum absolute atomic E-state index is 0.0339. The lowest BCUT2D eigenvalue weighted by Crippen LogP contribution is -2.40. The normalized spacial score (nSPS) is 17.4. The van der Waals surface area contributed by atoms with E-state index in [0.29, 0.717) is 12.5 Å². The third-order valence-electron chi connectivity index (χ3n) is 4.23. The number of benzene rings is 1. The molecule has 0 saturated carbocycles. The number of aryl methyl sites for hydroxylation is 2. The molecule has 1 amide bonds. The molecular formula is C17H25NO2. The van der Waals surface area contributed by atoms with Crippen molar-refractivity contribution < 1.29 is 9.90 Å². The SMILES string of the molecule is CC(C)[C@@H](O)C(=O)NCC1CCc2ccccc2CC1. The summed E-state index contributed by atoms with van der Waals surface area (Å²) in [5, 5.41) is 12.6. The van der Waals surface area contributed by atoms with Gasteiger partial charge < -0.3 is 10.4 Å². The number of rotatable bonds is 4. The van der Waals surface area contributed by atoms with E-state index in [1.54, 1.807) is 0 Å². The molecule has 0 aromatic heterocycles. The van der Waals surface area contributed by atoms with E-state index in [-0.39, 0.29) is 11.8 Å². The third-order valence-corrected chi connectivity index (χ3v) is 4.23. The van der Waals surface area contributed by atoms with Gasteiger partial charge in [-0.2, -0.15) is 0 Å². The van der Waals surface area contributed by atoms with Crippen LogP contribution in [0.5, 0.6) is 0 Å². The molecule has 0 bridgehead atoms. The molecule has 3 nitrogen and oxygen atoms in total. The van der Waals surface area contributed by atoms with Crippen molar-refractivity contribution in [2.45, 2.75) is 45.6 Å². The van der Waals surface area contributed by atoms with Gasteiger partial charge in [0.1, 0.15) is 6.10 Å². The Morgan fingerprint density at radius 1 is 1.25 bits per heavy atom. The first kappa shape index (κ1) is 15.0. The van der Waals surface area contributed by atoms with E-state index < -0.39 is 6.10 Å². The zero-order valence-corrected chi connectivity index (χ0v) is 12.4. The van der Waals surface area contributed by atoms with Crippen LogP contribution in [0, 0.1) is 11.8 Å². The Balaban J connectivity index is 1.83. The number of hydrogen-bond donors (Lipinski definition) is 2. The van der Waals surface area contributed by atoms with E-state index in [1.807, 2.05) is 13.8 Å². The van der Waals surface area contributed by atoms with Gasteiger partial charge in [-0.3, -0.25) is 4.79 Å². The highest BCUT2D eigenvalue weighted by Crippen LogP contribution is 2.24. The first-order chi connectivity index (χ1) is 9.58. The predicted molar refractivity (Wildman–Crippen MR) is 80.4 cm³/mol. The number of carbonyl (C=O) groups excluding carboxylic acids is 1. The van der Waals surface area contributed by atoms with Crippen LogP contribution in [0.1, 0.15) is 37.8 Å². The number of carbonyl (C=O) groups is 1. The Morgan fingerprint density at radius 2 is 1.80 bits per heavy atom. The molecule has 0 fully saturated rings. The summed E-state index contributed by atoms with van der Waals surface area (Å²) in [4.78, 5) is 11.8. The molecule has 110 valence electrons. The average molecular weight is 275 g/mol. The van der Waals surface area contributed by atoms with Crippen LogP contribution in [0.3, 0.4) is 0 Å². The molecule has 20 heavy (non-hydrogen) atoms. The minimum Gasteiger partial charge on any atom is -0.383 e. The van der Waals surface area contributed by atoms with Crippen LogP contribution in [0.15, 0.2) is 24.3 Å². The summed E-state index contributed by atoms with van der Waals surface area (Å²) >= 11 is 0. The molecule has 0 aliphatic heterocycles. The van der Waals surface area contributed by atoms with Crippen LogP contribution >= 0.6 is 0 Å². The molecular weight excluding hydrogens is 250 g/mol. The van der Waals surface area contributed by atoms with Gasteiger partial charge in [0.05, 0.1) is 0 Å². The molecule has 1 aliphatic rings. The first-order valence-electron chi connectivity index (χ1n) is 7.60. The molecule has 3 heteroatoms. The number of hydrogen-bond acceptors (Lipinski definition) is 2. The summed E-state index contributed by atoms with van der Waals surface area (Å²) in [5.41, 5.74) is 2.90. The lowest BCUT2D eigenvalue weighted by Gasteiger charge is -2.18. The summed E-state index contributed by atoms with van der Waals surface area (Å²) in [5.74, 6) is 0.237. The Labute approximate surface area is 121 Å². The van der Waals surface area contributed by atoms with Gasteiger partial charge in [0.2, 0.25) is 5.91 Å². The van der Waals surface area contributed by atoms with Crippen LogP contribution < -0.4 is 5.32 Å². The van der Waals surface area contributed by atoms with E-state index in [2.05, 4.69) is 29.6 Å². The maximum Gasteiger partial charge on any atom is 0.249 e. The van der Waals surface area contributed by atoms with Gasteiger partial charge in [0.15, 0.2) is 0 Å². The van der Waals surface area contributed by atoms with E-state index in [1.165, 1.54) is 11.1 Å². The van der Waals surface area contributed by atoms with Crippen LogP contribution in [-0.2, 0) is 17.6 Å². The number of amides is 1. The number of aliphatic hydroxyl groups is 1. The topological polar surface area (TPSA) is 49.3 Å². The molecule has 0 unspecified atom stereocenters. The number of aliphatic hydroxyl groups excluding tert-OH is 1. The van der Waals surface area contributed by atoms with Gasteiger partial charge in [0, 0.05) is 6.54 Å². The smallest absolute Gasteiger partial charge is 0.249 e. The standard InChI is InChI=1S/C17H25NO2/c1-12(2)16(19)17(20)18-11-13-7-9-14-5-3-4-6-15(14)10-8-13/h3-6,12-13,16,19H,7-11H2,1-2H3,(H,18,20)/t16-/m1/s1. The molecule has 1 aromatic rings. The Hall–Kier alpha value is -1.35. The van der Waals surface area contributed by atoms with Gasteiger partial charge in [-0.05, 0) is 48.6 Å². The molecule has 1 aliphatic carbocycles. The van der Waals surface area contributed by atoms with Crippen molar-refractivity contribution in [2.24, 2.45) is 11.8 Å². The van der Waals surface area contributed by atoms with Crippen molar-refractivity contribution in [3.8, 4) is 0 Å². The monoisotopic (exact) mass is 275 g/mol. The summed E-state index contributed by atoms with van der Waals surface area (Å²) in [6.45, 7) is 4.38. The zero-order chi connectivity index (χ0) is 14.5. The molecule has 1 aromatic carbocycles. The zero-order valence-electron chi connectivity index (χ0n) is 12.4. The van der Waals surface area contributed by atoms with Crippen LogP contribution in [0.2, 0.25) is 0 Å². The Morgan fingerprint density at radius 3 is 2.30 bits per heavy atom. The average Bonchev–Trinajstić information content (AvgIpc) is 2.66. The third kappa shape index (κ3) is 3.83. The van der Waals surface area contributed by atoms with Crippen LogP contribution in [0.4, 0.5) is 0 Å². The van der Waals surface area contributed by atoms with Crippen molar-refractivity contribution in [3.63, 3.8) is 0 Å². The van der Waals surface area contributed by atoms with Crippen molar-refractivity contribution in [1.82, 2.24) is 5.32 Å². The lowest BCUT2D eigenvalue weighted by molar-refractivity contribution is -0.131. The minimum atomic E-state index is -0.891. The van der Waals surface area contributed by atoms with Gasteiger partial charge in [-0.1, -0.05) is 38.1 Å². The van der Waals surface area contributed by atoms with Crippen molar-refractivity contribution >= 4 is 5.91 Å². The number of fused-ring (bicyclic) bond motifs is 1. The second-order valence-electron chi connectivity index (χ2n) is 6.15. The highest BCUT2D eigenvalue weighted by molar-refractivity contribution is 5.80. The Kier molecular flexibility index (Phi) is 5.18. The molecule has 0 spiro atoms. The Bertz CT molecular complexity index is 429. The largest absolute Gasteiger partial charge is 0.383 e. The lowest BCUT2D eigenvalue weighted by atomic mass is 9.99. The van der Waals surface area contributed by atoms with Gasteiger partial charge >= 0.3 is 0 Å². The fraction of sp³-hybridized carbons (Fsp3) is 0.588. The fourth-order valence-electron chi connectivity index (χ4n) is 2.77. The molecule has 0 saturated heterocycles. The second-order valence-corrected chi connectivity index (χ2v) is 6.15. The van der Waals surface area contributed by atoms with E-state index in [4.69, 9.17) is 0 Å². The molecule has 0 heterocycles. The summed E-state index contributed by atoms with van der Waals surface area (Å²) in [7, 11) is 0. The molecule has 2 N–H and O–H groups in total. The quantitative estimate of drug-likeness (QED) is 0.829. The maximum atomic E-state index is 11.8. The second kappa shape index (κ2) is 6.89. The van der Waals surface area contributed by atoms with Crippen molar-refractivity contribution in [1.29, 1.82) is 0 Å². The van der Waals surface area contributed by atoms with E-state index >= 15 is 0 Å². The van der Waals surface area contributed by atoms with Gasteiger partial charge in [-0.25, -0.2) is 0 Å². The first-order valence-corrected chi connectivity index (χ1v) is 7.60. The van der Waals surface area contributed by atoms with Crippen molar-refractivity contribution in [3.05, 3.63) is 35.4 Å². The highest BCUT2D eigenvalue weighted by Gasteiger charge is 2.21. The summed E-state index contributed by atoms with van der Waals surface area (Å²) < 4.78 is 0. The molecule has 2 rings (SSSR count).